The van der Waals surface area contributed by atoms with Gasteiger partial charge in [-0.2, -0.15) is 0 Å². The zero-order chi connectivity index (χ0) is 14.9. The van der Waals surface area contributed by atoms with Gasteiger partial charge in [-0.25, -0.2) is 0 Å². The number of hydrogen-bond acceptors (Lipinski definition) is 2. The Labute approximate surface area is 120 Å². The fraction of sp³-hybridized carbons (Fsp3) is 0.438. The van der Waals surface area contributed by atoms with Crippen molar-refractivity contribution >= 4 is 22.5 Å². The predicted octanol–water partition coefficient (Wildman–Crippen LogP) is 2.83. The number of rotatable bonds is 4. The maximum Gasteiger partial charge on any atom is 0.245 e. The number of benzene rings is 1. The minimum Gasteiger partial charge on any atom is -0.359 e. The van der Waals surface area contributed by atoms with E-state index in [9.17, 15) is 4.79 Å². The number of amides is 1. The molecule has 0 aliphatic heterocycles. The quantitative estimate of drug-likeness (QED) is 0.900. The molecule has 0 atom stereocenters. The molecule has 2 aromatic rings. The minimum atomic E-state index is -0.602. The van der Waals surface area contributed by atoms with Crippen LogP contribution in [0.15, 0.2) is 24.4 Å². The summed E-state index contributed by atoms with van der Waals surface area (Å²) in [6, 6.07) is 6.30. The van der Waals surface area contributed by atoms with Crippen molar-refractivity contribution in [1.82, 2.24) is 10.3 Å². The minimum absolute atomic E-state index is 0.0319. The molecule has 2 rings (SSSR count). The maximum atomic E-state index is 12.2. The van der Waals surface area contributed by atoms with Crippen molar-refractivity contribution in [3.63, 3.8) is 0 Å². The van der Waals surface area contributed by atoms with Crippen molar-refractivity contribution in [3.8, 4) is 0 Å². The zero-order valence-electron chi connectivity index (χ0n) is 12.9. The van der Waals surface area contributed by atoms with Crippen LogP contribution < -0.4 is 10.2 Å². The molecule has 1 heterocycles. The zero-order valence-corrected chi connectivity index (χ0v) is 12.9. The first-order chi connectivity index (χ1) is 9.37. The van der Waals surface area contributed by atoms with Crippen LogP contribution in [0.2, 0.25) is 0 Å². The molecule has 0 bridgehead atoms. The van der Waals surface area contributed by atoms with Gasteiger partial charge in [-0.3, -0.25) is 4.79 Å². The molecule has 0 unspecified atom stereocenters. The van der Waals surface area contributed by atoms with Crippen molar-refractivity contribution < 1.29 is 4.79 Å². The lowest BCUT2D eigenvalue weighted by Gasteiger charge is -2.35. The van der Waals surface area contributed by atoms with Gasteiger partial charge in [-0.15, -0.1) is 0 Å². The smallest absolute Gasteiger partial charge is 0.245 e. The van der Waals surface area contributed by atoms with Gasteiger partial charge in [-0.1, -0.05) is 11.6 Å². The highest BCUT2D eigenvalue weighted by molar-refractivity contribution is 5.97. The summed E-state index contributed by atoms with van der Waals surface area (Å²) in [6.07, 6.45) is 1.96. The van der Waals surface area contributed by atoms with Crippen molar-refractivity contribution in [2.75, 3.05) is 18.5 Å². The number of carbonyl (C=O) groups excluding carboxylic acids is 1. The van der Waals surface area contributed by atoms with Gasteiger partial charge in [0.1, 0.15) is 5.54 Å². The molecule has 0 saturated carbocycles. The number of carbonyl (C=O) groups is 1. The Morgan fingerprint density at radius 1 is 1.40 bits per heavy atom. The molecular weight excluding hydrogens is 250 g/mol. The second-order valence-electron chi connectivity index (χ2n) is 5.70. The van der Waals surface area contributed by atoms with Crippen LogP contribution in [0.25, 0.3) is 10.9 Å². The number of nitrogens with one attached hydrogen (secondary N) is 2. The third kappa shape index (κ3) is 2.38. The Morgan fingerprint density at radius 2 is 2.10 bits per heavy atom. The van der Waals surface area contributed by atoms with Gasteiger partial charge in [0.15, 0.2) is 0 Å². The van der Waals surface area contributed by atoms with Crippen LogP contribution in [0.5, 0.6) is 0 Å². The van der Waals surface area contributed by atoms with Crippen LogP contribution in [-0.2, 0) is 4.79 Å². The molecule has 2 N–H and O–H groups in total. The van der Waals surface area contributed by atoms with E-state index in [1.165, 1.54) is 5.56 Å². The summed E-state index contributed by atoms with van der Waals surface area (Å²) >= 11 is 0. The van der Waals surface area contributed by atoms with Gasteiger partial charge in [-0.05, 0) is 39.8 Å². The molecular formula is C16H23N3O. The molecule has 0 aliphatic rings. The van der Waals surface area contributed by atoms with E-state index < -0.39 is 5.54 Å². The van der Waals surface area contributed by atoms with Crippen molar-refractivity contribution in [3.05, 3.63) is 30.0 Å². The van der Waals surface area contributed by atoms with E-state index in [2.05, 4.69) is 35.4 Å². The van der Waals surface area contributed by atoms with E-state index >= 15 is 0 Å². The highest BCUT2D eigenvalue weighted by Gasteiger charge is 2.33. The van der Waals surface area contributed by atoms with Crippen LogP contribution >= 0.6 is 0 Å². The fourth-order valence-corrected chi connectivity index (χ4v) is 2.33. The summed E-state index contributed by atoms with van der Waals surface area (Å²) in [6.45, 7) is 8.52. The van der Waals surface area contributed by atoms with E-state index in [0.29, 0.717) is 6.54 Å². The van der Waals surface area contributed by atoms with Gasteiger partial charge < -0.3 is 15.2 Å². The summed E-state index contributed by atoms with van der Waals surface area (Å²) in [7, 11) is 1.96. The maximum absolute atomic E-state index is 12.2. The number of aromatic nitrogens is 1. The number of nitrogens with zero attached hydrogens (tertiary/aromatic N) is 1. The molecule has 1 aromatic heterocycles. The number of aromatic amines is 1. The average Bonchev–Trinajstić information content (AvgIpc) is 2.80. The van der Waals surface area contributed by atoms with Crippen LogP contribution in [0.1, 0.15) is 26.3 Å². The number of likely N-dealkylation sites (N-methyl/N-ethyl adjacent to an activating group) is 2. The lowest BCUT2D eigenvalue weighted by Crippen LogP contribution is -2.53. The Kier molecular flexibility index (Phi) is 3.75. The number of fused-ring (bicyclic) bond motifs is 1. The van der Waals surface area contributed by atoms with Gasteiger partial charge in [0.05, 0.1) is 5.69 Å². The third-order valence-corrected chi connectivity index (χ3v) is 3.91. The van der Waals surface area contributed by atoms with Gasteiger partial charge in [0.25, 0.3) is 0 Å². The van der Waals surface area contributed by atoms with Crippen LogP contribution in [0.3, 0.4) is 0 Å². The average molecular weight is 273 g/mol. The first kappa shape index (κ1) is 14.4. The van der Waals surface area contributed by atoms with Crippen LogP contribution in [-0.4, -0.2) is 30.0 Å². The molecule has 0 fully saturated rings. The fourth-order valence-electron chi connectivity index (χ4n) is 2.33. The molecule has 0 saturated heterocycles. The standard InChI is InChI=1S/C16H23N3O/c1-6-17-15(20)16(3,4)19(5)14-10-18-13-8-7-11(2)9-12(13)14/h7-10,18H,6H2,1-5H3,(H,17,20). The molecule has 0 radical (unpaired) electrons. The molecule has 108 valence electrons. The van der Waals surface area contributed by atoms with E-state index in [1.807, 2.05) is 38.9 Å². The first-order valence-corrected chi connectivity index (χ1v) is 6.97. The predicted molar refractivity (Wildman–Crippen MR) is 84.2 cm³/mol. The van der Waals surface area contributed by atoms with Crippen molar-refractivity contribution in [1.29, 1.82) is 0 Å². The van der Waals surface area contributed by atoms with Crippen LogP contribution in [0.4, 0.5) is 5.69 Å². The lowest BCUT2D eigenvalue weighted by molar-refractivity contribution is -0.125. The number of hydrogen-bond donors (Lipinski definition) is 2. The number of aryl methyl sites for hydroxylation is 1. The Balaban J connectivity index is 2.42. The molecule has 0 aliphatic carbocycles. The monoisotopic (exact) mass is 273 g/mol. The van der Waals surface area contributed by atoms with E-state index in [-0.39, 0.29) is 5.91 Å². The van der Waals surface area contributed by atoms with Crippen LogP contribution in [0, 0.1) is 6.92 Å². The molecule has 0 spiro atoms. The SMILES string of the molecule is CCNC(=O)C(C)(C)N(C)c1c[nH]c2ccc(C)cc12. The first-order valence-electron chi connectivity index (χ1n) is 6.97. The molecule has 4 nitrogen and oxygen atoms in total. The van der Waals surface area contributed by atoms with E-state index in [0.717, 1.165) is 16.6 Å². The summed E-state index contributed by atoms with van der Waals surface area (Å²) in [4.78, 5) is 17.5. The molecule has 20 heavy (non-hydrogen) atoms. The highest BCUT2D eigenvalue weighted by atomic mass is 16.2. The summed E-state index contributed by atoms with van der Waals surface area (Å²) < 4.78 is 0. The van der Waals surface area contributed by atoms with E-state index in [4.69, 9.17) is 0 Å². The second-order valence-corrected chi connectivity index (χ2v) is 5.70. The van der Waals surface area contributed by atoms with Gasteiger partial charge in [0.2, 0.25) is 5.91 Å². The highest BCUT2D eigenvalue weighted by Crippen LogP contribution is 2.31. The second kappa shape index (κ2) is 5.19. The number of H-pyrrole nitrogens is 1. The van der Waals surface area contributed by atoms with Gasteiger partial charge >= 0.3 is 0 Å². The molecule has 4 heteroatoms. The summed E-state index contributed by atoms with van der Waals surface area (Å²) in [5.74, 6) is 0.0319. The van der Waals surface area contributed by atoms with E-state index in [1.54, 1.807) is 0 Å². The largest absolute Gasteiger partial charge is 0.359 e. The molecule has 1 aromatic carbocycles. The topological polar surface area (TPSA) is 48.1 Å². The van der Waals surface area contributed by atoms with Crippen molar-refractivity contribution in [2.24, 2.45) is 0 Å². The Hall–Kier alpha value is -1.97. The molecule has 1 amide bonds. The lowest BCUT2D eigenvalue weighted by atomic mass is 10.0. The summed E-state index contributed by atoms with van der Waals surface area (Å²) in [5, 5.41) is 4.04. The van der Waals surface area contributed by atoms with Crippen molar-refractivity contribution in [2.45, 2.75) is 33.2 Å². The Morgan fingerprint density at radius 3 is 2.75 bits per heavy atom. The Bertz CT molecular complexity index is 628. The normalized spacial score (nSPS) is 11.7. The summed E-state index contributed by atoms with van der Waals surface area (Å²) in [5.41, 5.74) is 2.74. The third-order valence-electron chi connectivity index (χ3n) is 3.91. The van der Waals surface area contributed by atoms with Gasteiger partial charge in [0, 0.05) is 30.7 Å². The number of anilines is 1.